The van der Waals surface area contributed by atoms with Gasteiger partial charge in [-0.15, -0.1) is 0 Å². The molecule has 0 unspecified atom stereocenters. The lowest BCUT2D eigenvalue weighted by molar-refractivity contribution is -0.155. The fourth-order valence-corrected chi connectivity index (χ4v) is 4.62. The van der Waals surface area contributed by atoms with Gasteiger partial charge in [-0.3, -0.25) is 9.59 Å². The summed E-state index contributed by atoms with van der Waals surface area (Å²) in [4.78, 5) is 36.9. The first-order valence-electron chi connectivity index (χ1n) is 9.39. The average Bonchev–Trinajstić information content (AvgIpc) is 2.94. The van der Waals surface area contributed by atoms with Crippen LogP contribution in [0.15, 0.2) is 30.0 Å². The molecule has 8 heteroatoms. The highest BCUT2D eigenvalue weighted by atomic mass is 28.4. The molecule has 0 aromatic heterocycles. The first kappa shape index (κ1) is 20.3. The normalized spacial score (nSPS) is 21.5. The van der Waals surface area contributed by atoms with E-state index in [1.165, 1.54) is 4.90 Å². The smallest absolute Gasteiger partial charge is 0.352 e. The Morgan fingerprint density at radius 2 is 1.89 bits per heavy atom. The number of benzene rings is 1. The van der Waals surface area contributed by atoms with Crippen LogP contribution in [0.1, 0.15) is 24.0 Å². The SMILES string of the molecule is C[Si](C)(C)OCC[C@@H]1C(=O)N2C(C(=O)O)=C(c3ccc(CC(N)=O)cc3)C[C@H]12. The molecule has 1 saturated heterocycles. The summed E-state index contributed by atoms with van der Waals surface area (Å²) in [6.45, 7) is 6.82. The van der Waals surface area contributed by atoms with Crippen LogP contribution in [-0.2, 0) is 25.2 Å². The first-order chi connectivity index (χ1) is 13.1. The van der Waals surface area contributed by atoms with E-state index in [-0.39, 0.29) is 30.0 Å². The maximum atomic E-state index is 12.6. The zero-order valence-corrected chi connectivity index (χ0v) is 17.4. The molecule has 1 aromatic carbocycles. The molecule has 2 atom stereocenters. The standard InChI is InChI=1S/C20H26N2O5Si/c1-28(2,3)27-9-8-14-16-11-15(18(20(25)26)22(16)19(14)24)13-6-4-12(5-7-13)10-17(21)23/h4-7,14,16H,8-11H2,1-3H3,(H2,21,23)(H,25,26)/t14-,16+/m0/s1. The third-order valence-electron chi connectivity index (χ3n) is 5.14. The minimum Gasteiger partial charge on any atom is -0.477 e. The van der Waals surface area contributed by atoms with E-state index in [1.54, 1.807) is 24.3 Å². The second kappa shape index (κ2) is 7.52. The average molecular weight is 403 g/mol. The van der Waals surface area contributed by atoms with E-state index in [2.05, 4.69) is 19.6 Å². The Bertz CT molecular complexity index is 841. The quantitative estimate of drug-likeness (QED) is 0.510. The molecule has 2 heterocycles. The Kier molecular flexibility index (Phi) is 5.45. The van der Waals surface area contributed by atoms with Crippen LogP contribution in [0.3, 0.4) is 0 Å². The van der Waals surface area contributed by atoms with Crippen molar-refractivity contribution in [2.24, 2.45) is 11.7 Å². The van der Waals surface area contributed by atoms with Gasteiger partial charge >= 0.3 is 5.97 Å². The number of hydrogen-bond acceptors (Lipinski definition) is 4. The number of amides is 2. The molecule has 0 spiro atoms. The minimum absolute atomic E-state index is 0.0695. The molecule has 2 aliphatic rings. The van der Waals surface area contributed by atoms with Crippen LogP contribution in [-0.4, -0.2) is 48.8 Å². The van der Waals surface area contributed by atoms with Gasteiger partial charge < -0.3 is 20.2 Å². The van der Waals surface area contributed by atoms with Crippen LogP contribution >= 0.6 is 0 Å². The molecular formula is C20H26N2O5Si. The van der Waals surface area contributed by atoms with Gasteiger partial charge in [0, 0.05) is 6.61 Å². The van der Waals surface area contributed by atoms with Crippen molar-refractivity contribution in [3.05, 3.63) is 41.1 Å². The fourth-order valence-electron chi connectivity index (χ4n) is 3.88. The van der Waals surface area contributed by atoms with Gasteiger partial charge in [0.1, 0.15) is 5.70 Å². The molecular weight excluding hydrogens is 376 g/mol. The van der Waals surface area contributed by atoms with Crippen molar-refractivity contribution in [3.63, 3.8) is 0 Å². The van der Waals surface area contributed by atoms with Gasteiger partial charge in [-0.05, 0) is 49.2 Å². The predicted molar refractivity (Wildman–Crippen MR) is 107 cm³/mol. The molecule has 7 nitrogen and oxygen atoms in total. The Morgan fingerprint density at radius 3 is 2.43 bits per heavy atom. The largest absolute Gasteiger partial charge is 0.477 e. The lowest BCUT2D eigenvalue weighted by Gasteiger charge is -2.43. The topological polar surface area (TPSA) is 110 Å². The molecule has 28 heavy (non-hydrogen) atoms. The van der Waals surface area contributed by atoms with Crippen molar-refractivity contribution in [1.29, 1.82) is 0 Å². The molecule has 1 aromatic rings. The third kappa shape index (κ3) is 4.02. The number of carboxylic acid groups (broad SMARTS) is 1. The first-order valence-corrected chi connectivity index (χ1v) is 12.8. The molecule has 0 radical (unpaired) electrons. The van der Waals surface area contributed by atoms with E-state index < -0.39 is 20.2 Å². The Morgan fingerprint density at radius 1 is 1.25 bits per heavy atom. The summed E-state index contributed by atoms with van der Waals surface area (Å²) in [5.74, 6) is -1.85. The zero-order valence-electron chi connectivity index (χ0n) is 16.4. The van der Waals surface area contributed by atoms with Gasteiger partial charge in [0.15, 0.2) is 8.32 Å². The third-order valence-corrected chi connectivity index (χ3v) is 6.21. The lowest BCUT2D eigenvalue weighted by Crippen LogP contribution is -2.58. The van der Waals surface area contributed by atoms with Gasteiger partial charge in [-0.1, -0.05) is 24.3 Å². The van der Waals surface area contributed by atoms with Gasteiger partial charge in [0.05, 0.1) is 18.4 Å². The van der Waals surface area contributed by atoms with E-state index in [1.807, 2.05) is 0 Å². The molecule has 0 aliphatic carbocycles. The number of aliphatic carboxylic acids is 1. The van der Waals surface area contributed by atoms with E-state index >= 15 is 0 Å². The fraction of sp³-hybridized carbons (Fsp3) is 0.450. The zero-order chi connectivity index (χ0) is 20.6. The summed E-state index contributed by atoms with van der Waals surface area (Å²) in [7, 11) is -1.65. The number of nitrogens with zero attached hydrogens (tertiary/aromatic N) is 1. The summed E-state index contributed by atoms with van der Waals surface area (Å²) >= 11 is 0. The van der Waals surface area contributed by atoms with Crippen LogP contribution in [0.4, 0.5) is 0 Å². The van der Waals surface area contributed by atoms with Gasteiger partial charge in [0.2, 0.25) is 11.8 Å². The Balaban J connectivity index is 1.77. The Labute approximate surface area is 165 Å². The van der Waals surface area contributed by atoms with Crippen LogP contribution in [0.25, 0.3) is 5.57 Å². The highest BCUT2D eigenvalue weighted by molar-refractivity contribution is 6.69. The van der Waals surface area contributed by atoms with Crippen molar-refractivity contribution >= 4 is 31.7 Å². The number of carbonyl (C=O) groups is 3. The highest BCUT2D eigenvalue weighted by Gasteiger charge is 2.54. The van der Waals surface area contributed by atoms with Crippen LogP contribution in [0.5, 0.6) is 0 Å². The molecule has 0 saturated carbocycles. The molecule has 1 fully saturated rings. The highest BCUT2D eigenvalue weighted by Crippen LogP contribution is 2.47. The summed E-state index contributed by atoms with van der Waals surface area (Å²) < 4.78 is 5.86. The molecule has 0 bridgehead atoms. The van der Waals surface area contributed by atoms with Crippen molar-refractivity contribution in [2.75, 3.05) is 6.61 Å². The molecule has 2 aliphatic heterocycles. The number of carbonyl (C=O) groups excluding carboxylic acids is 2. The summed E-state index contributed by atoms with van der Waals surface area (Å²) in [5.41, 5.74) is 7.46. The number of hydrogen-bond donors (Lipinski definition) is 2. The lowest BCUT2D eigenvalue weighted by atomic mass is 9.84. The minimum atomic E-state index is -1.65. The van der Waals surface area contributed by atoms with E-state index in [9.17, 15) is 19.5 Å². The number of nitrogens with two attached hydrogens (primary N) is 1. The van der Waals surface area contributed by atoms with Gasteiger partial charge in [0.25, 0.3) is 0 Å². The molecule has 3 rings (SSSR count). The monoisotopic (exact) mass is 402 g/mol. The van der Waals surface area contributed by atoms with E-state index in [0.717, 1.165) is 11.1 Å². The maximum absolute atomic E-state index is 12.6. The summed E-state index contributed by atoms with van der Waals surface area (Å²) in [6.07, 6.45) is 1.26. The number of rotatable bonds is 8. The molecule has 150 valence electrons. The van der Waals surface area contributed by atoms with Crippen molar-refractivity contribution in [1.82, 2.24) is 4.90 Å². The number of β-lactam (4-membered cyclic amide) rings is 1. The number of primary amides is 1. The van der Waals surface area contributed by atoms with Crippen LogP contribution in [0, 0.1) is 5.92 Å². The number of fused-ring (bicyclic) bond motifs is 1. The second-order valence-electron chi connectivity index (χ2n) is 8.31. The number of carboxylic acids is 1. The Hall–Kier alpha value is -2.45. The maximum Gasteiger partial charge on any atom is 0.352 e. The van der Waals surface area contributed by atoms with Gasteiger partial charge in [-0.2, -0.15) is 0 Å². The summed E-state index contributed by atoms with van der Waals surface area (Å²) in [6, 6.07) is 6.99. The molecule has 3 N–H and O–H groups in total. The van der Waals surface area contributed by atoms with Crippen LogP contribution in [0.2, 0.25) is 19.6 Å². The van der Waals surface area contributed by atoms with Crippen LogP contribution < -0.4 is 5.73 Å². The van der Waals surface area contributed by atoms with Gasteiger partial charge in [-0.25, -0.2) is 4.79 Å². The van der Waals surface area contributed by atoms with Crippen molar-refractivity contribution in [2.45, 2.75) is 44.9 Å². The van der Waals surface area contributed by atoms with E-state index in [0.29, 0.717) is 25.0 Å². The van der Waals surface area contributed by atoms with E-state index in [4.69, 9.17) is 10.2 Å². The molecule has 2 amide bonds. The predicted octanol–water partition coefficient (Wildman–Crippen LogP) is 1.98. The van der Waals surface area contributed by atoms with Crippen molar-refractivity contribution < 1.29 is 23.9 Å². The second-order valence-corrected chi connectivity index (χ2v) is 12.8. The summed E-state index contributed by atoms with van der Waals surface area (Å²) in [5, 5.41) is 9.70. The van der Waals surface area contributed by atoms with Crippen molar-refractivity contribution in [3.8, 4) is 0 Å².